The summed E-state index contributed by atoms with van der Waals surface area (Å²) in [7, 11) is 0. The van der Waals surface area contributed by atoms with Gasteiger partial charge in [0.1, 0.15) is 11.8 Å². The molecule has 6 nitrogen and oxygen atoms in total. The van der Waals surface area contributed by atoms with Crippen LogP contribution in [0, 0.1) is 0 Å². The van der Waals surface area contributed by atoms with E-state index in [4.69, 9.17) is 9.47 Å². The van der Waals surface area contributed by atoms with Gasteiger partial charge in [-0.2, -0.15) is 0 Å². The Bertz CT molecular complexity index is 880. The van der Waals surface area contributed by atoms with Gasteiger partial charge in [-0.3, -0.25) is 9.80 Å². The second kappa shape index (κ2) is 10.1. The van der Waals surface area contributed by atoms with Crippen molar-refractivity contribution in [1.29, 1.82) is 0 Å². The molecule has 0 aromatic heterocycles. The highest BCUT2D eigenvalue weighted by Gasteiger charge is 2.51. The number of amides is 1. The summed E-state index contributed by atoms with van der Waals surface area (Å²) in [6.45, 7) is 14.8. The van der Waals surface area contributed by atoms with Gasteiger partial charge in [-0.05, 0) is 59.6 Å². The maximum Gasteiger partial charge on any atom is 0.413 e. The lowest BCUT2D eigenvalue weighted by molar-refractivity contribution is -0.117. The van der Waals surface area contributed by atoms with Gasteiger partial charge in [0.15, 0.2) is 0 Å². The molecule has 1 heterocycles. The molecule has 0 aliphatic carbocycles. The zero-order chi connectivity index (χ0) is 25.1. The van der Waals surface area contributed by atoms with Crippen LogP contribution in [0.2, 0.25) is 0 Å². The normalized spacial score (nSPS) is 19.1. The molecular formula is C28H40N2O4. The number of carbonyl (C=O) groups excluding carboxylic acids is 1. The number of hydrogen-bond acceptors (Lipinski definition) is 5. The third-order valence-electron chi connectivity index (χ3n) is 6.50. The van der Waals surface area contributed by atoms with Crippen LogP contribution in [0.25, 0.3) is 0 Å². The smallest absolute Gasteiger partial charge is 0.413 e. The van der Waals surface area contributed by atoms with Crippen LogP contribution < -0.4 is 0 Å². The lowest BCUT2D eigenvalue weighted by atomic mass is 9.94. The predicted octanol–water partition coefficient (Wildman–Crippen LogP) is 5.20. The van der Waals surface area contributed by atoms with Gasteiger partial charge in [-0.25, -0.2) is 4.79 Å². The molecule has 1 N–H and O–H groups in total. The van der Waals surface area contributed by atoms with Crippen LogP contribution in [0.15, 0.2) is 60.7 Å². The maximum absolute atomic E-state index is 13.5. The quantitative estimate of drug-likeness (QED) is 0.577. The lowest BCUT2D eigenvalue weighted by Crippen LogP contribution is -2.58. The zero-order valence-corrected chi connectivity index (χ0v) is 21.6. The highest BCUT2D eigenvalue weighted by Crippen LogP contribution is 2.36. The van der Waals surface area contributed by atoms with Gasteiger partial charge in [0.25, 0.3) is 0 Å². The van der Waals surface area contributed by atoms with E-state index < -0.39 is 29.1 Å². The summed E-state index contributed by atoms with van der Waals surface area (Å²) in [6, 6.07) is 20.2. The van der Waals surface area contributed by atoms with Crippen LogP contribution in [-0.2, 0) is 22.6 Å². The van der Waals surface area contributed by atoms with Crippen molar-refractivity contribution in [2.75, 3.05) is 6.61 Å². The third kappa shape index (κ3) is 6.17. The topological polar surface area (TPSA) is 62.2 Å². The minimum atomic E-state index is -1.25. The third-order valence-corrected chi connectivity index (χ3v) is 6.50. The van der Waals surface area contributed by atoms with Crippen LogP contribution in [0.5, 0.6) is 0 Å². The number of rotatable bonds is 8. The molecule has 34 heavy (non-hydrogen) atoms. The van der Waals surface area contributed by atoms with Crippen LogP contribution in [0.1, 0.15) is 59.6 Å². The van der Waals surface area contributed by atoms with E-state index in [1.165, 1.54) is 0 Å². The Balaban J connectivity index is 1.89. The number of ether oxygens (including phenoxy) is 2. The molecule has 0 radical (unpaired) electrons. The summed E-state index contributed by atoms with van der Waals surface area (Å²) in [5.41, 5.74) is -0.249. The number of nitrogens with zero attached hydrogens (tertiary/aromatic N) is 2. The molecule has 6 heteroatoms. The molecule has 186 valence electrons. The monoisotopic (exact) mass is 468 g/mol. The molecule has 0 spiro atoms. The van der Waals surface area contributed by atoms with Crippen molar-refractivity contribution in [3.05, 3.63) is 71.8 Å². The lowest BCUT2D eigenvalue weighted by Gasteiger charge is -2.43. The first-order valence-corrected chi connectivity index (χ1v) is 12.0. The van der Waals surface area contributed by atoms with E-state index >= 15 is 0 Å². The largest absolute Gasteiger partial charge is 0.441 e. The van der Waals surface area contributed by atoms with Crippen molar-refractivity contribution in [2.24, 2.45) is 0 Å². The number of carbonyl (C=O) groups is 1. The van der Waals surface area contributed by atoms with Crippen LogP contribution in [0.3, 0.4) is 0 Å². The molecule has 0 unspecified atom stereocenters. The van der Waals surface area contributed by atoms with Gasteiger partial charge in [0.2, 0.25) is 0 Å². The minimum Gasteiger partial charge on any atom is -0.441 e. The minimum absolute atomic E-state index is 0.265. The Labute approximate surface area is 204 Å². The van der Waals surface area contributed by atoms with Crippen LogP contribution >= 0.6 is 0 Å². The molecule has 1 aliphatic rings. The first kappa shape index (κ1) is 26.2. The zero-order valence-electron chi connectivity index (χ0n) is 21.6. The van der Waals surface area contributed by atoms with Crippen molar-refractivity contribution in [3.63, 3.8) is 0 Å². The maximum atomic E-state index is 13.5. The molecule has 2 atom stereocenters. The average Bonchev–Trinajstić information content (AvgIpc) is 2.99. The Morgan fingerprint density at radius 1 is 1.03 bits per heavy atom. The fraction of sp³-hybridized carbons (Fsp3) is 0.536. The van der Waals surface area contributed by atoms with Gasteiger partial charge in [0.05, 0.1) is 17.7 Å². The number of benzene rings is 2. The van der Waals surface area contributed by atoms with Crippen molar-refractivity contribution in [2.45, 2.75) is 90.6 Å². The summed E-state index contributed by atoms with van der Waals surface area (Å²) in [6.07, 6.45) is -1.24. The van der Waals surface area contributed by atoms with E-state index in [1.807, 2.05) is 71.0 Å². The second-order valence-corrected chi connectivity index (χ2v) is 11.0. The summed E-state index contributed by atoms with van der Waals surface area (Å²) >= 11 is 0. The summed E-state index contributed by atoms with van der Waals surface area (Å²) in [4.78, 5) is 17.4. The first-order valence-electron chi connectivity index (χ1n) is 12.0. The Morgan fingerprint density at radius 3 is 1.88 bits per heavy atom. The van der Waals surface area contributed by atoms with Crippen molar-refractivity contribution >= 4 is 6.09 Å². The van der Waals surface area contributed by atoms with E-state index in [0.29, 0.717) is 19.7 Å². The molecule has 1 aliphatic heterocycles. The molecule has 0 saturated carbocycles. The van der Waals surface area contributed by atoms with Crippen molar-refractivity contribution < 1.29 is 19.4 Å². The summed E-state index contributed by atoms with van der Waals surface area (Å²) < 4.78 is 12.0. The highest BCUT2D eigenvalue weighted by molar-refractivity contribution is 5.70. The van der Waals surface area contributed by atoms with E-state index in [1.54, 1.807) is 18.7 Å². The van der Waals surface area contributed by atoms with Gasteiger partial charge in [-0.15, -0.1) is 0 Å². The van der Waals surface area contributed by atoms with E-state index in [-0.39, 0.29) is 6.04 Å². The Kier molecular flexibility index (Phi) is 7.75. The standard InChI is InChI=1S/C28H40N2O4/c1-21(29(18-22-14-10-8-11-15-22)19-23-16-12-9-13-17-23)24(27(4,5)32)34-25(31)30-26(2,3)20-33-28(30,6)7/h8-17,21,24,32H,18-20H2,1-7H3/t21-,24-/m0/s1. The SMILES string of the molecule is C[C@@H]([C@H](OC(=O)N1C(C)(C)COC1(C)C)C(C)(C)O)N(Cc1ccccc1)Cc1ccccc1. The summed E-state index contributed by atoms with van der Waals surface area (Å²) in [5.74, 6) is 0. The van der Waals surface area contributed by atoms with Crippen LogP contribution in [-0.4, -0.2) is 56.6 Å². The average molecular weight is 469 g/mol. The fourth-order valence-electron chi connectivity index (χ4n) is 4.84. The van der Waals surface area contributed by atoms with E-state index in [0.717, 1.165) is 11.1 Å². The molecule has 1 fully saturated rings. The first-order chi connectivity index (χ1) is 15.8. The van der Waals surface area contributed by atoms with Gasteiger partial charge < -0.3 is 14.6 Å². The summed E-state index contributed by atoms with van der Waals surface area (Å²) in [5, 5.41) is 11.1. The van der Waals surface area contributed by atoms with E-state index in [2.05, 4.69) is 29.2 Å². The number of aliphatic hydroxyl groups is 1. The second-order valence-electron chi connectivity index (χ2n) is 11.0. The van der Waals surface area contributed by atoms with Crippen molar-refractivity contribution in [1.82, 2.24) is 9.80 Å². The highest BCUT2D eigenvalue weighted by atomic mass is 16.6. The molecule has 3 rings (SSSR count). The van der Waals surface area contributed by atoms with Gasteiger partial charge in [0, 0.05) is 19.1 Å². The predicted molar refractivity (Wildman–Crippen MR) is 134 cm³/mol. The molecule has 1 saturated heterocycles. The Morgan fingerprint density at radius 2 is 1.50 bits per heavy atom. The molecule has 1 amide bonds. The van der Waals surface area contributed by atoms with E-state index in [9.17, 15) is 9.90 Å². The molecule has 2 aromatic rings. The van der Waals surface area contributed by atoms with Crippen molar-refractivity contribution in [3.8, 4) is 0 Å². The molecule has 0 bridgehead atoms. The Hall–Kier alpha value is -2.41. The van der Waals surface area contributed by atoms with Gasteiger partial charge >= 0.3 is 6.09 Å². The fourth-order valence-corrected chi connectivity index (χ4v) is 4.84. The van der Waals surface area contributed by atoms with Crippen LogP contribution in [0.4, 0.5) is 4.79 Å². The number of hydrogen-bond donors (Lipinski definition) is 1. The molecule has 2 aromatic carbocycles. The van der Waals surface area contributed by atoms with Gasteiger partial charge in [-0.1, -0.05) is 60.7 Å². The molecular weight excluding hydrogens is 428 g/mol.